The number of rotatable bonds is 12. The number of aryl methyl sites for hydroxylation is 1. The molecule has 2 N–H and O–H groups in total. The number of ether oxygens (including phenoxy) is 3. The number of hydrogen-bond donors (Lipinski definition) is 2. The first kappa shape index (κ1) is 25.5. The molecule has 0 bridgehead atoms. The van der Waals surface area contributed by atoms with Gasteiger partial charge in [-0.25, -0.2) is 0 Å². The molecule has 0 aliphatic heterocycles. The number of likely N-dealkylation sites (N-methyl/N-ethyl adjacent to an activating group) is 1. The predicted molar refractivity (Wildman–Crippen MR) is 131 cm³/mol. The summed E-state index contributed by atoms with van der Waals surface area (Å²) >= 11 is 0. The number of nitrogens with zero attached hydrogens (tertiary/aromatic N) is 2. The summed E-state index contributed by atoms with van der Waals surface area (Å²) in [5.41, 5.74) is 3.45. The molecule has 0 amide bonds. The highest BCUT2D eigenvalue weighted by molar-refractivity contribution is 5.79. The Hall–Kier alpha value is -2.77. The monoisotopic (exact) mass is 442 g/mol. The first-order valence-electron chi connectivity index (χ1n) is 10.9. The molecule has 0 saturated heterocycles. The zero-order valence-corrected chi connectivity index (χ0v) is 20.3. The largest absolute Gasteiger partial charge is 0.497 e. The second kappa shape index (κ2) is 13.6. The molecular formula is C25H38N4O3. The van der Waals surface area contributed by atoms with Crippen LogP contribution in [0.5, 0.6) is 11.5 Å². The van der Waals surface area contributed by atoms with Crippen molar-refractivity contribution in [3.63, 3.8) is 0 Å². The normalized spacial score (nSPS) is 12.5. The van der Waals surface area contributed by atoms with Gasteiger partial charge >= 0.3 is 0 Å². The van der Waals surface area contributed by atoms with Gasteiger partial charge in [0.2, 0.25) is 0 Å². The van der Waals surface area contributed by atoms with Gasteiger partial charge in [-0.15, -0.1) is 0 Å². The second-order valence-electron chi connectivity index (χ2n) is 7.87. The summed E-state index contributed by atoms with van der Waals surface area (Å²) in [5.74, 6) is 2.49. The molecule has 0 radical (unpaired) electrons. The number of benzene rings is 2. The molecule has 2 rings (SSSR count). The summed E-state index contributed by atoms with van der Waals surface area (Å²) in [5, 5.41) is 6.85. The van der Waals surface area contributed by atoms with E-state index in [0.29, 0.717) is 26.3 Å². The van der Waals surface area contributed by atoms with Crippen LogP contribution in [0, 0.1) is 6.92 Å². The maximum atomic E-state index is 6.00. The van der Waals surface area contributed by atoms with Crippen molar-refractivity contribution in [3.8, 4) is 11.5 Å². The van der Waals surface area contributed by atoms with Crippen molar-refractivity contribution in [2.75, 3.05) is 55.1 Å². The topological polar surface area (TPSA) is 67.4 Å². The average molecular weight is 443 g/mol. The van der Waals surface area contributed by atoms with E-state index in [0.717, 1.165) is 29.4 Å². The van der Waals surface area contributed by atoms with Crippen LogP contribution in [-0.2, 0) is 11.3 Å². The van der Waals surface area contributed by atoms with Gasteiger partial charge in [0.1, 0.15) is 11.5 Å². The van der Waals surface area contributed by atoms with Crippen LogP contribution in [0.4, 0.5) is 0 Å². The van der Waals surface area contributed by atoms with E-state index in [2.05, 4.69) is 71.9 Å². The molecule has 176 valence electrons. The molecule has 0 aliphatic rings. The molecule has 1 atom stereocenters. The van der Waals surface area contributed by atoms with Crippen molar-refractivity contribution in [3.05, 3.63) is 59.2 Å². The Labute approximate surface area is 192 Å². The van der Waals surface area contributed by atoms with Gasteiger partial charge in [0.25, 0.3) is 0 Å². The maximum Gasteiger partial charge on any atom is 0.191 e. The molecule has 2 aromatic rings. The van der Waals surface area contributed by atoms with Gasteiger partial charge in [0, 0.05) is 45.8 Å². The first-order chi connectivity index (χ1) is 15.5. The molecular weight excluding hydrogens is 404 g/mol. The fourth-order valence-electron chi connectivity index (χ4n) is 3.37. The fourth-order valence-corrected chi connectivity index (χ4v) is 3.37. The minimum atomic E-state index is 0.169. The lowest BCUT2D eigenvalue weighted by Gasteiger charge is -2.26. The molecule has 0 spiro atoms. The van der Waals surface area contributed by atoms with Gasteiger partial charge in [0.05, 0.1) is 19.8 Å². The Morgan fingerprint density at radius 2 is 1.88 bits per heavy atom. The zero-order chi connectivity index (χ0) is 23.3. The number of methoxy groups -OCH3 is 2. The van der Waals surface area contributed by atoms with E-state index in [1.54, 1.807) is 21.3 Å². The van der Waals surface area contributed by atoms with Crippen LogP contribution in [0.2, 0.25) is 0 Å². The highest BCUT2D eigenvalue weighted by atomic mass is 16.5. The lowest BCUT2D eigenvalue weighted by molar-refractivity contribution is 0.171. The van der Waals surface area contributed by atoms with E-state index in [4.69, 9.17) is 14.2 Å². The van der Waals surface area contributed by atoms with Gasteiger partial charge in [-0.05, 0) is 50.3 Å². The van der Waals surface area contributed by atoms with Crippen molar-refractivity contribution >= 4 is 5.96 Å². The molecule has 0 heterocycles. The number of guanidine groups is 1. The molecule has 7 nitrogen and oxygen atoms in total. The molecule has 32 heavy (non-hydrogen) atoms. The summed E-state index contributed by atoms with van der Waals surface area (Å²) in [6.07, 6.45) is 0.858. The first-order valence-corrected chi connectivity index (χ1v) is 10.9. The van der Waals surface area contributed by atoms with E-state index < -0.39 is 0 Å². The van der Waals surface area contributed by atoms with Crippen LogP contribution in [0.25, 0.3) is 0 Å². The summed E-state index contributed by atoms with van der Waals surface area (Å²) in [4.78, 5) is 6.57. The number of nitrogens with one attached hydrogen (secondary N) is 2. The third-order valence-corrected chi connectivity index (χ3v) is 5.21. The van der Waals surface area contributed by atoms with E-state index >= 15 is 0 Å². The Kier molecular flexibility index (Phi) is 10.8. The Morgan fingerprint density at radius 3 is 2.56 bits per heavy atom. The quantitative estimate of drug-likeness (QED) is 0.298. The molecule has 0 saturated carbocycles. The van der Waals surface area contributed by atoms with Crippen molar-refractivity contribution in [2.45, 2.75) is 25.9 Å². The van der Waals surface area contributed by atoms with Crippen LogP contribution < -0.4 is 20.1 Å². The lowest BCUT2D eigenvalue weighted by atomic mass is 10.1. The zero-order valence-electron chi connectivity index (χ0n) is 20.3. The van der Waals surface area contributed by atoms with Gasteiger partial charge in [-0.1, -0.05) is 24.3 Å². The SMILES string of the molecule is CN=C(NCc1ccc(C)cc1OCCCOC)NCC(c1cccc(OC)c1)N(C)C. The number of aliphatic imine (C=N–C) groups is 1. The lowest BCUT2D eigenvalue weighted by Crippen LogP contribution is -2.41. The summed E-state index contributed by atoms with van der Waals surface area (Å²) in [6, 6.07) is 14.6. The number of hydrogen-bond acceptors (Lipinski definition) is 5. The highest BCUT2D eigenvalue weighted by Crippen LogP contribution is 2.22. The van der Waals surface area contributed by atoms with Crippen molar-refractivity contribution < 1.29 is 14.2 Å². The van der Waals surface area contributed by atoms with E-state index in [1.165, 1.54) is 11.1 Å². The molecule has 7 heteroatoms. The molecule has 0 aliphatic carbocycles. The molecule has 1 unspecified atom stereocenters. The van der Waals surface area contributed by atoms with Crippen molar-refractivity contribution in [1.29, 1.82) is 0 Å². The maximum absolute atomic E-state index is 6.00. The van der Waals surface area contributed by atoms with Crippen LogP contribution in [0.3, 0.4) is 0 Å². The van der Waals surface area contributed by atoms with Gasteiger partial charge in [0.15, 0.2) is 5.96 Å². The van der Waals surface area contributed by atoms with Gasteiger partial charge < -0.3 is 29.7 Å². The van der Waals surface area contributed by atoms with E-state index in [9.17, 15) is 0 Å². The summed E-state index contributed by atoms with van der Waals surface area (Å²) < 4.78 is 16.5. The highest BCUT2D eigenvalue weighted by Gasteiger charge is 2.15. The van der Waals surface area contributed by atoms with Gasteiger partial charge in [-0.2, -0.15) is 0 Å². The minimum Gasteiger partial charge on any atom is -0.497 e. The molecule has 0 aromatic heterocycles. The third kappa shape index (κ3) is 8.05. The van der Waals surface area contributed by atoms with Crippen molar-refractivity contribution in [2.24, 2.45) is 4.99 Å². The second-order valence-corrected chi connectivity index (χ2v) is 7.87. The smallest absolute Gasteiger partial charge is 0.191 e. The van der Waals surface area contributed by atoms with E-state index in [-0.39, 0.29) is 6.04 Å². The molecule has 2 aromatic carbocycles. The fraction of sp³-hybridized carbons (Fsp3) is 0.480. The minimum absolute atomic E-state index is 0.169. The Morgan fingerprint density at radius 1 is 1.06 bits per heavy atom. The molecule has 0 fully saturated rings. The van der Waals surface area contributed by atoms with Crippen LogP contribution >= 0.6 is 0 Å². The standard InChI is InChI=1S/C25H38N4O3/c1-19-11-12-21(24(15-19)32-14-8-13-30-5)17-27-25(26-2)28-18-23(29(3)4)20-9-7-10-22(16-20)31-6/h7,9-12,15-16,23H,8,13-14,17-18H2,1-6H3,(H2,26,27,28). The Bertz CT molecular complexity index is 855. The average Bonchev–Trinajstić information content (AvgIpc) is 2.79. The van der Waals surface area contributed by atoms with Crippen molar-refractivity contribution in [1.82, 2.24) is 15.5 Å². The summed E-state index contributed by atoms with van der Waals surface area (Å²) in [7, 11) is 9.32. The van der Waals surface area contributed by atoms with Crippen LogP contribution in [0.15, 0.2) is 47.5 Å². The third-order valence-electron chi connectivity index (χ3n) is 5.21. The Balaban J connectivity index is 1.98. The van der Waals surface area contributed by atoms with Gasteiger partial charge in [-0.3, -0.25) is 4.99 Å². The van der Waals surface area contributed by atoms with Crippen LogP contribution in [-0.4, -0.2) is 66.0 Å². The summed E-state index contributed by atoms with van der Waals surface area (Å²) in [6.45, 7) is 4.71. The van der Waals surface area contributed by atoms with Crippen LogP contribution in [0.1, 0.15) is 29.2 Å². The van der Waals surface area contributed by atoms with E-state index in [1.807, 2.05) is 12.1 Å². The predicted octanol–water partition coefficient (Wildman–Crippen LogP) is 3.39.